The molecule has 24 heavy (non-hydrogen) atoms. The molecule has 0 saturated heterocycles. The fraction of sp³-hybridized carbons (Fsp3) is 0.200. The summed E-state index contributed by atoms with van der Waals surface area (Å²) in [6.45, 7) is 1.18. The van der Waals surface area contributed by atoms with Crippen LogP contribution in [-0.4, -0.2) is 27.1 Å². The highest BCUT2D eigenvalue weighted by Gasteiger charge is 2.11. The number of ether oxygens (including phenoxy) is 4. The van der Waals surface area contributed by atoms with Gasteiger partial charge in [0.05, 0.1) is 13.7 Å². The molecule has 1 aliphatic rings. The third-order valence-corrected chi connectivity index (χ3v) is 3.42. The number of fused-ring (bicyclic) bond motifs is 1. The molecule has 1 aliphatic heterocycles. The molecule has 0 atom stereocenters. The average Bonchev–Trinajstić information content (AvgIpc) is 3.09. The van der Waals surface area contributed by atoms with Crippen molar-refractivity contribution in [1.29, 1.82) is 0 Å². The standard InChI is InChI=1S/C20H18O4/c1-21-18-9-6-16(7-10-18)4-2-12-22-13-3-5-17-8-11-19-20(14-17)24-15-23-19/h3,5-11,14H,12-13,15H2,1H3/b5-3+. The molecule has 0 unspecified atom stereocenters. The van der Waals surface area contributed by atoms with Gasteiger partial charge in [0.1, 0.15) is 12.4 Å². The van der Waals surface area contributed by atoms with Crippen LogP contribution in [-0.2, 0) is 4.74 Å². The molecular formula is C20H18O4. The van der Waals surface area contributed by atoms with Gasteiger partial charge in [-0.1, -0.05) is 30.1 Å². The average molecular weight is 322 g/mol. The van der Waals surface area contributed by atoms with Crippen molar-refractivity contribution < 1.29 is 18.9 Å². The van der Waals surface area contributed by atoms with Crippen molar-refractivity contribution in [1.82, 2.24) is 0 Å². The topological polar surface area (TPSA) is 36.9 Å². The van der Waals surface area contributed by atoms with E-state index in [2.05, 4.69) is 11.8 Å². The third-order valence-electron chi connectivity index (χ3n) is 3.42. The Hall–Kier alpha value is -2.90. The van der Waals surface area contributed by atoms with Gasteiger partial charge in [0.25, 0.3) is 0 Å². The zero-order valence-corrected chi connectivity index (χ0v) is 13.5. The van der Waals surface area contributed by atoms with Crippen LogP contribution in [0.4, 0.5) is 0 Å². The second-order valence-corrected chi connectivity index (χ2v) is 5.06. The number of rotatable bonds is 5. The highest BCUT2D eigenvalue weighted by atomic mass is 16.7. The molecule has 0 aliphatic carbocycles. The van der Waals surface area contributed by atoms with E-state index < -0.39 is 0 Å². The molecule has 122 valence electrons. The number of benzene rings is 2. The van der Waals surface area contributed by atoms with E-state index in [-0.39, 0.29) is 0 Å². The second kappa shape index (κ2) is 8.09. The predicted octanol–water partition coefficient (Wildman–Crippen LogP) is 3.51. The molecule has 0 radical (unpaired) electrons. The van der Waals surface area contributed by atoms with E-state index in [1.54, 1.807) is 7.11 Å². The molecule has 0 N–H and O–H groups in total. The van der Waals surface area contributed by atoms with E-state index in [9.17, 15) is 0 Å². The van der Waals surface area contributed by atoms with E-state index >= 15 is 0 Å². The van der Waals surface area contributed by atoms with E-state index in [0.29, 0.717) is 20.0 Å². The maximum atomic E-state index is 5.47. The van der Waals surface area contributed by atoms with Crippen molar-refractivity contribution in [3.8, 4) is 29.1 Å². The van der Waals surface area contributed by atoms with E-state index in [0.717, 1.165) is 28.4 Å². The Morgan fingerprint density at radius 3 is 2.75 bits per heavy atom. The lowest BCUT2D eigenvalue weighted by Gasteiger charge is -1.98. The Labute approximate surface area is 141 Å². The molecule has 4 heteroatoms. The highest BCUT2D eigenvalue weighted by Crippen LogP contribution is 2.32. The van der Waals surface area contributed by atoms with Crippen molar-refractivity contribution in [3.63, 3.8) is 0 Å². The van der Waals surface area contributed by atoms with E-state index in [1.165, 1.54) is 0 Å². The monoisotopic (exact) mass is 322 g/mol. The van der Waals surface area contributed by atoms with Crippen LogP contribution < -0.4 is 14.2 Å². The molecule has 3 rings (SSSR count). The molecule has 0 fully saturated rings. The first-order valence-corrected chi connectivity index (χ1v) is 7.62. The molecule has 0 saturated carbocycles. The molecule has 0 amide bonds. The van der Waals surface area contributed by atoms with Gasteiger partial charge in [0, 0.05) is 5.56 Å². The minimum absolute atomic E-state index is 0.290. The predicted molar refractivity (Wildman–Crippen MR) is 92.3 cm³/mol. The van der Waals surface area contributed by atoms with Crippen LogP contribution in [0.3, 0.4) is 0 Å². The summed E-state index contributed by atoms with van der Waals surface area (Å²) in [5.74, 6) is 8.43. The van der Waals surface area contributed by atoms with Crippen molar-refractivity contribution in [2.45, 2.75) is 0 Å². The van der Waals surface area contributed by atoms with Crippen molar-refractivity contribution in [2.75, 3.05) is 27.1 Å². The molecular weight excluding hydrogens is 304 g/mol. The Balaban J connectivity index is 1.41. The number of hydrogen-bond donors (Lipinski definition) is 0. The lowest BCUT2D eigenvalue weighted by Crippen LogP contribution is -1.92. The highest BCUT2D eigenvalue weighted by molar-refractivity contribution is 5.56. The Bertz CT molecular complexity index is 766. The quantitative estimate of drug-likeness (QED) is 0.623. The van der Waals surface area contributed by atoms with E-state index in [4.69, 9.17) is 18.9 Å². The summed E-state index contributed by atoms with van der Waals surface area (Å²) in [6, 6.07) is 13.5. The van der Waals surface area contributed by atoms with Crippen LogP contribution in [0.25, 0.3) is 6.08 Å². The van der Waals surface area contributed by atoms with Crippen LogP contribution in [0, 0.1) is 11.8 Å². The first kappa shape index (κ1) is 16.0. The van der Waals surface area contributed by atoms with Gasteiger partial charge < -0.3 is 18.9 Å². The van der Waals surface area contributed by atoms with Gasteiger partial charge in [-0.05, 0) is 42.0 Å². The summed E-state index contributed by atoms with van der Waals surface area (Å²) in [4.78, 5) is 0. The molecule has 0 spiro atoms. The summed E-state index contributed by atoms with van der Waals surface area (Å²) < 4.78 is 21.2. The van der Waals surface area contributed by atoms with Gasteiger partial charge in [-0.15, -0.1) is 0 Å². The van der Waals surface area contributed by atoms with Gasteiger partial charge >= 0.3 is 0 Å². The first-order chi connectivity index (χ1) is 11.8. The Morgan fingerprint density at radius 1 is 1.08 bits per heavy atom. The van der Waals surface area contributed by atoms with Crippen molar-refractivity contribution in [2.24, 2.45) is 0 Å². The summed E-state index contributed by atoms with van der Waals surface area (Å²) in [7, 11) is 1.64. The largest absolute Gasteiger partial charge is 0.497 e. The molecule has 2 aromatic rings. The van der Waals surface area contributed by atoms with Crippen LogP contribution in [0.15, 0.2) is 48.5 Å². The molecule has 4 nitrogen and oxygen atoms in total. The smallest absolute Gasteiger partial charge is 0.231 e. The molecule has 1 heterocycles. The zero-order valence-electron chi connectivity index (χ0n) is 13.5. The number of methoxy groups -OCH3 is 1. The van der Waals surface area contributed by atoms with Crippen LogP contribution in [0.1, 0.15) is 11.1 Å². The fourth-order valence-corrected chi connectivity index (χ4v) is 2.19. The lowest BCUT2D eigenvalue weighted by molar-refractivity contribution is 0.174. The minimum atomic E-state index is 0.290. The van der Waals surface area contributed by atoms with Gasteiger partial charge in [-0.3, -0.25) is 0 Å². The maximum Gasteiger partial charge on any atom is 0.231 e. The Morgan fingerprint density at radius 2 is 1.92 bits per heavy atom. The van der Waals surface area contributed by atoms with Crippen LogP contribution in [0.2, 0.25) is 0 Å². The maximum absolute atomic E-state index is 5.47. The fourth-order valence-electron chi connectivity index (χ4n) is 2.19. The van der Waals surface area contributed by atoms with Gasteiger partial charge in [0.15, 0.2) is 11.5 Å². The molecule has 2 aromatic carbocycles. The SMILES string of the molecule is COc1ccc(C#CCOC/C=C/c2ccc3c(c2)OCO3)cc1. The Kier molecular flexibility index (Phi) is 5.39. The number of hydrogen-bond acceptors (Lipinski definition) is 4. The lowest BCUT2D eigenvalue weighted by atomic mass is 10.2. The van der Waals surface area contributed by atoms with Crippen molar-refractivity contribution in [3.05, 3.63) is 59.7 Å². The normalized spacial score (nSPS) is 12.0. The molecule has 0 bridgehead atoms. The van der Waals surface area contributed by atoms with Gasteiger partial charge in [-0.2, -0.15) is 0 Å². The summed E-state index contributed by atoms with van der Waals surface area (Å²) in [5, 5.41) is 0. The summed E-state index contributed by atoms with van der Waals surface area (Å²) in [5.41, 5.74) is 1.99. The molecule has 0 aromatic heterocycles. The van der Waals surface area contributed by atoms with Gasteiger partial charge in [-0.25, -0.2) is 0 Å². The third kappa shape index (κ3) is 4.31. The zero-order chi connectivity index (χ0) is 16.6. The van der Waals surface area contributed by atoms with Crippen LogP contribution >= 0.6 is 0 Å². The van der Waals surface area contributed by atoms with Crippen LogP contribution in [0.5, 0.6) is 17.2 Å². The first-order valence-electron chi connectivity index (χ1n) is 7.62. The summed E-state index contributed by atoms with van der Waals surface area (Å²) >= 11 is 0. The van der Waals surface area contributed by atoms with Crippen molar-refractivity contribution >= 4 is 6.08 Å². The second-order valence-electron chi connectivity index (χ2n) is 5.06. The summed E-state index contributed by atoms with van der Waals surface area (Å²) in [6.07, 6.45) is 3.94. The van der Waals surface area contributed by atoms with E-state index in [1.807, 2.05) is 54.6 Å². The minimum Gasteiger partial charge on any atom is -0.497 e. The van der Waals surface area contributed by atoms with Gasteiger partial charge in [0.2, 0.25) is 6.79 Å².